The number of rotatable bonds is 2. The zero-order valence-electron chi connectivity index (χ0n) is 10.2. The first-order valence-electron chi connectivity index (χ1n) is 6.45. The smallest absolute Gasteiger partial charge is 0.153 e. The van der Waals surface area contributed by atoms with Gasteiger partial charge in [0.1, 0.15) is 0 Å². The summed E-state index contributed by atoms with van der Waals surface area (Å²) >= 11 is 0. The van der Waals surface area contributed by atoms with Gasteiger partial charge in [-0.15, -0.1) is 0 Å². The van der Waals surface area contributed by atoms with E-state index in [2.05, 4.69) is 16.8 Å². The molecule has 0 N–H and O–H groups in total. The van der Waals surface area contributed by atoms with Gasteiger partial charge in [0.05, 0.1) is 6.04 Å². The van der Waals surface area contributed by atoms with Gasteiger partial charge >= 0.3 is 0 Å². The van der Waals surface area contributed by atoms with Crippen molar-refractivity contribution in [2.45, 2.75) is 38.3 Å². The van der Waals surface area contributed by atoms with E-state index in [0.717, 1.165) is 31.5 Å². The first-order chi connectivity index (χ1) is 8.25. The van der Waals surface area contributed by atoms with Gasteiger partial charge < -0.3 is 0 Å². The number of ketones is 1. The number of Topliss-reactive ketones (excluding diaryl/α,β-unsaturated/α-hetero) is 1. The zero-order chi connectivity index (χ0) is 11.8. The van der Waals surface area contributed by atoms with Crippen LogP contribution in [0.5, 0.6) is 0 Å². The Morgan fingerprint density at radius 3 is 3.06 bits per heavy atom. The normalized spacial score (nSPS) is 36.2. The van der Waals surface area contributed by atoms with Crippen LogP contribution in [-0.4, -0.2) is 34.3 Å². The Hall–Kier alpha value is -1.22. The van der Waals surface area contributed by atoms with Crippen molar-refractivity contribution >= 4 is 5.78 Å². The number of aromatic nitrogens is 1. The van der Waals surface area contributed by atoms with Gasteiger partial charge in [0.25, 0.3) is 0 Å². The highest BCUT2D eigenvalue weighted by Gasteiger charge is 2.44. The number of fused-ring (bicyclic) bond motifs is 3. The highest BCUT2D eigenvalue weighted by atomic mass is 16.1. The average Bonchev–Trinajstić information content (AvgIpc) is 2.35. The van der Waals surface area contributed by atoms with Crippen molar-refractivity contribution in [2.24, 2.45) is 5.92 Å². The molecule has 1 aromatic heterocycles. The lowest BCUT2D eigenvalue weighted by Crippen LogP contribution is -2.60. The summed E-state index contributed by atoms with van der Waals surface area (Å²) in [5, 5.41) is 0. The molecule has 3 saturated heterocycles. The summed E-state index contributed by atoms with van der Waals surface area (Å²) in [6, 6.07) is 6.56. The molecule has 3 aliphatic heterocycles. The topological polar surface area (TPSA) is 33.2 Å². The van der Waals surface area contributed by atoms with Crippen LogP contribution in [0.4, 0.5) is 0 Å². The first-order valence-corrected chi connectivity index (χ1v) is 6.45. The summed E-state index contributed by atoms with van der Waals surface area (Å²) < 4.78 is 0. The summed E-state index contributed by atoms with van der Waals surface area (Å²) in [7, 11) is 0. The summed E-state index contributed by atoms with van der Waals surface area (Å²) in [5.41, 5.74) is 1.03. The third-order valence-corrected chi connectivity index (χ3v) is 4.19. The predicted molar refractivity (Wildman–Crippen MR) is 65.6 cm³/mol. The first kappa shape index (κ1) is 10.9. The van der Waals surface area contributed by atoms with E-state index < -0.39 is 0 Å². The number of carbonyl (C=O) groups excluding carboxylic acids is 1. The van der Waals surface area contributed by atoms with Crippen LogP contribution in [0.15, 0.2) is 24.4 Å². The Balaban J connectivity index is 1.81. The molecule has 3 nitrogen and oxygen atoms in total. The highest BCUT2D eigenvalue weighted by Crippen LogP contribution is 2.34. The molecule has 4 heterocycles. The van der Waals surface area contributed by atoms with E-state index in [4.69, 9.17) is 0 Å². The highest BCUT2D eigenvalue weighted by molar-refractivity contribution is 5.88. The number of nitrogens with zero attached hydrogens (tertiary/aromatic N) is 2. The van der Waals surface area contributed by atoms with Crippen molar-refractivity contribution in [3.8, 4) is 0 Å². The molecule has 17 heavy (non-hydrogen) atoms. The van der Waals surface area contributed by atoms with Crippen LogP contribution >= 0.6 is 0 Å². The van der Waals surface area contributed by atoms with Crippen LogP contribution < -0.4 is 0 Å². The fraction of sp³-hybridized carbons (Fsp3) is 0.571. The number of carbonyl (C=O) groups is 1. The van der Waals surface area contributed by atoms with Gasteiger partial charge in [0.2, 0.25) is 0 Å². The van der Waals surface area contributed by atoms with Crippen LogP contribution in [0.3, 0.4) is 0 Å². The standard InChI is InChI=1S/C14H18N2O/c1-10-8-11-5-7-16(10)13(14(11)17)9-12-4-2-3-6-15-12/h2-4,6,10-11,13H,5,7-9H2,1H3. The molecular weight excluding hydrogens is 212 g/mol. The average molecular weight is 230 g/mol. The van der Waals surface area contributed by atoms with E-state index in [0.29, 0.717) is 17.7 Å². The number of piperidine rings is 3. The summed E-state index contributed by atoms with van der Waals surface area (Å²) in [6.45, 7) is 3.32. The molecule has 0 aliphatic carbocycles. The fourth-order valence-electron chi connectivity index (χ4n) is 3.28. The molecule has 3 heteroatoms. The van der Waals surface area contributed by atoms with Gasteiger partial charge in [-0.2, -0.15) is 0 Å². The lowest BCUT2D eigenvalue weighted by molar-refractivity contribution is -0.140. The molecule has 0 aromatic carbocycles. The summed E-state index contributed by atoms with van der Waals surface area (Å²) in [6.07, 6.45) is 4.69. The second kappa shape index (κ2) is 4.22. The molecule has 4 atom stereocenters. The van der Waals surface area contributed by atoms with E-state index in [1.54, 1.807) is 6.20 Å². The van der Waals surface area contributed by atoms with E-state index in [1.165, 1.54) is 0 Å². The molecule has 0 spiro atoms. The van der Waals surface area contributed by atoms with Gasteiger partial charge in [-0.05, 0) is 38.4 Å². The molecule has 90 valence electrons. The van der Waals surface area contributed by atoms with Crippen molar-refractivity contribution in [1.29, 1.82) is 0 Å². The Morgan fingerprint density at radius 1 is 1.47 bits per heavy atom. The lowest BCUT2D eigenvalue weighted by Gasteiger charge is -2.48. The Labute approximate surface area is 102 Å². The molecule has 0 saturated carbocycles. The Kier molecular flexibility index (Phi) is 2.71. The molecule has 4 unspecified atom stereocenters. The summed E-state index contributed by atoms with van der Waals surface area (Å²) in [4.78, 5) is 19.0. The van der Waals surface area contributed by atoms with Gasteiger partial charge in [-0.25, -0.2) is 0 Å². The molecule has 3 fully saturated rings. The van der Waals surface area contributed by atoms with Crippen molar-refractivity contribution in [1.82, 2.24) is 9.88 Å². The predicted octanol–water partition coefficient (Wildman–Crippen LogP) is 1.68. The second-order valence-corrected chi connectivity index (χ2v) is 5.25. The maximum atomic E-state index is 12.3. The van der Waals surface area contributed by atoms with Crippen LogP contribution in [0.25, 0.3) is 0 Å². The maximum absolute atomic E-state index is 12.3. The van der Waals surface area contributed by atoms with Gasteiger partial charge in [0.15, 0.2) is 5.78 Å². The Bertz CT molecular complexity index is 417. The van der Waals surface area contributed by atoms with Gasteiger partial charge in [-0.3, -0.25) is 14.7 Å². The van der Waals surface area contributed by atoms with Crippen molar-refractivity contribution in [2.75, 3.05) is 6.54 Å². The Morgan fingerprint density at radius 2 is 2.35 bits per heavy atom. The van der Waals surface area contributed by atoms with E-state index in [-0.39, 0.29) is 6.04 Å². The molecule has 1 aromatic rings. The molecular formula is C14H18N2O. The third kappa shape index (κ3) is 1.89. The lowest BCUT2D eigenvalue weighted by atomic mass is 9.77. The molecule has 3 aliphatic rings. The van der Waals surface area contributed by atoms with Crippen LogP contribution in [0.2, 0.25) is 0 Å². The summed E-state index contributed by atoms with van der Waals surface area (Å²) in [5.74, 6) is 0.753. The van der Waals surface area contributed by atoms with Crippen molar-refractivity contribution < 1.29 is 4.79 Å². The minimum atomic E-state index is 0.0763. The number of hydrogen-bond acceptors (Lipinski definition) is 3. The van der Waals surface area contributed by atoms with E-state index in [1.807, 2.05) is 18.2 Å². The van der Waals surface area contributed by atoms with E-state index >= 15 is 0 Å². The van der Waals surface area contributed by atoms with Gasteiger partial charge in [-0.1, -0.05) is 6.07 Å². The van der Waals surface area contributed by atoms with Crippen LogP contribution in [0, 0.1) is 5.92 Å². The molecule has 4 rings (SSSR count). The van der Waals surface area contributed by atoms with Crippen molar-refractivity contribution in [3.63, 3.8) is 0 Å². The van der Waals surface area contributed by atoms with E-state index in [9.17, 15) is 4.79 Å². The maximum Gasteiger partial charge on any atom is 0.153 e. The number of hydrogen-bond donors (Lipinski definition) is 0. The minimum Gasteiger partial charge on any atom is -0.298 e. The van der Waals surface area contributed by atoms with Crippen LogP contribution in [-0.2, 0) is 11.2 Å². The minimum absolute atomic E-state index is 0.0763. The number of pyridine rings is 1. The van der Waals surface area contributed by atoms with Gasteiger partial charge in [0, 0.05) is 30.3 Å². The van der Waals surface area contributed by atoms with Crippen LogP contribution in [0.1, 0.15) is 25.5 Å². The third-order valence-electron chi connectivity index (χ3n) is 4.19. The second-order valence-electron chi connectivity index (χ2n) is 5.25. The quantitative estimate of drug-likeness (QED) is 0.775. The SMILES string of the molecule is CC1CC2CCN1C(Cc1ccccn1)C2=O. The molecule has 0 radical (unpaired) electrons. The monoisotopic (exact) mass is 230 g/mol. The van der Waals surface area contributed by atoms with Crippen molar-refractivity contribution in [3.05, 3.63) is 30.1 Å². The largest absolute Gasteiger partial charge is 0.298 e. The zero-order valence-corrected chi connectivity index (χ0v) is 10.2. The molecule has 2 bridgehead atoms. The fourth-order valence-corrected chi connectivity index (χ4v) is 3.28. The molecule has 0 amide bonds.